The summed E-state index contributed by atoms with van der Waals surface area (Å²) in [6.45, 7) is 3.77. The zero-order chi connectivity index (χ0) is 18.8. The molecule has 0 bridgehead atoms. The highest BCUT2D eigenvalue weighted by Crippen LogP contribution is 2.23. The number of carbonyl (C=O) groups is 3. The number of benzene rings is 2. The van der Waals surface area contributed by atoms with Crippen LogP contribution in [0.15, 0.2) is 47.5 Å². The number of nitrogens with one attached hydrogen (secondary N) is 1. The predicted octanol–water partition coefficient (Wildman–Crippen LogP) is 3.04. The van der Waals surface area contributed by atoms with Crippen LogP contribution in [0.25, 0.3) is 0 Å². The minimum absolute atomic E-state index is 0.173. The Morgan fingerprint density at radius 1 is 1.08 bits per heavy atom. The van der Waals surface area contributed by atoms with Crippen molar-refractivity contribution >= 4 is 35.4 Å². The van der Waals surface area contributed by atoms with E-state index in [1.165, 1.54) is 18.3 Å². The van der Waals surface area contributed by atoms with Crippen LogP contribution < -0.4 is 10.2 Å². The SMILES string of the molecule is Cc1ccc(C)c(N=CC2C(=O)NC(=O)N(c3ccc(F)cc3)C2=O)c1. The number of halogens is 1. The van der Waals surface area contributed by atoms with Gasteiger partial charge in [0.15, 0.2) is 5.92 Å². The van der Waals surface area contributed by atoms with Gasteiger partial charge >= 0.3 is 6.03 Å². The number of nitrogens with zero attached hydrogens (tertiary/aromatic N) is 2. The first-order valence-corrected chi connectivity index (χ1v) is 7.92. The molecule has 26 heavy (non-hydrogen) atoms. The van der Waals surface area contributed by atoms with Crippen molar-refractivity contribution in [2.75, 3.05) is 4.90 Å². The van der Waals surface area contributed by atoms with Crippen molar-refractivity contribution in [3.05, 3.63) is 59.4 Å². The molecular formula is C19H16FN3O3. The first-order chi connectivity index (χ1) is 12.4. The van der Waals surface area contributed by atoms with Crippen molar-refractivity contribution in [1.82, 2.24) is 5.32 Å². The standard InChI is InChI=1S/C19H16FN3O3/c1-11-3-4-12(2)16(9-11)21-10-15-17(24)22-19(26)23(18(15)25)14-7-5-13(20)6-8-14/h3-10,15H,1-2H3,(H,22,24,26). The fourth-order valence-corrected chi connectivity index (χ4v) is 2.57. The minimum Gasteiger partial charge on any atom is -0.276 e. The van der Waals surface area contributed by atoms with Gasteiger partial charge in [-0.05, 0) is 55.3 Å². The van der Waals surface area contributed by atoms with Crippen LogP contribution in [0, 0.1) is 25.6 Å². The van der Waals surface area contributed by atoms with Crippen molar-refractivity contribution < 1.29 is 18.8 Å². The van der Waals surface area contributed by atoms with E-state index in [9.17, 15) is 18.8 Å². The Bertz CT molecular complexity index is 922. The molecule has 7 heteroatoms. The Balaban J connectivity index is 1.91. The van der Waals surface area contributed by atoms with Crippen LogP contribution in [0.3, 0.4) is 0 Å². The first kappa shape index (κ1) is 17.5. The predicted molar refractivity (Wildman–Crippen MR) is 95.0 cm³/mol. The lowest BCUT2D eigenvalue weighted by molar-refractivity contribution is -0.131. The van der Waals surface area contributed by atoms with Crippen LogP contribution in [0.4, 0.5) is 20.6 Å². The van der Waals surface area contributed by atoms with Gasteiger partial charge < -0.3 is 0 Å². The van der Waals surface area contributed by atoms with Gasteiger partial charge in [-0.3, -0.25) is 19.9 Å². The van der Waals surface area contributed by atoms with Gasteiger partial charge in [-0.25, -0.2) is 14.1 Å². The Hall–Kier alpha value is -3.35. The number of aliphatic imine (C=N–C) groups is 1. The summed E-state index contributed by atoms with van der Waals surface area (Å²) in [5, 5.41) is 2.13. The Kier molecular flexibility index (Phi) is 4.62. The average molecular weight is 353 g/mol. The summed E-state index contributed by atoms with van der Waals surface area (Å²) in [6, 6.07) is 9.63. The van der Waals surface area contributed by atoms with Crippen molar-refractivity contribution in [3.8, 4) is 0 Å². The van der Waals surface area contributed by atoms with Gasteiger partial charge in [0, 0.05) is 6.21 Å². The zero-order valence-electron chi connectivity index (χ0n) is 14.2. The summed E-state index contributed by atoms with van der Waals surface area (Å²) in [5.74, 6) is -3.23. The summed E-state index contributed by atoms with van der Waals surface area (Å²) in [6.07, 6.45) is 1.22. The molecule has 1 fully saturated rings. The van der Waals surface area contributed by atoms with Gasteiger partial charge in [0.2, 0.25) is 5.91 Å². The number of barbiturate groups is 1. The number of amides is 4. The van der Waals surface area contributed by atoms with E-state index >= 15 is 0 Å². The van der Waals surface area contributed by atoms with Crippen LogP contribution in [0.2, 0.25) is 0 Å². The third-order valence-corrected chi connectivity index (χ3v) is 4.01. The van der Waals surface area contributed by atoms with Crippen LogP contribution in [-0.2, 0) is 9.59 Å². The Morgan fingerprint density at radius 3 is 2.46 bits per heavy atom. The van der Waals surface area contributed by atoms with Gasteiger partial charge in [-0.1, -0.05) is 12.1 Å². The van der Waals surface area contributed by atoms with E-state index in [4.69, 9.17) is 0 Å². The van der Waals surface area contributed by atoms with Crippen molar-refractivity contribution in [1.29, 1.82) is 0 Å². The first-order valence-electron chi connectivity index (χ1n) is 7.92. The molecule has 1 unspecified atom stereocenters. The van der Waals surface area contributed by atoms with E-state index in [-0.39, 0.29) is 5.69 Å². The van der Waals surface area contributed by atoms with Gasteiger partial charge in [-0.15, -0.1) is 0 Å². The summed E-state index contributed by atoms with van der Waals surface area (Å²) >= 11 is 0. The van der Waals surface area contributed by atoms with Crippen LogP contribution in [0.5, 0.6) is 0 Å². The molecule has 0 aromatic heterocycles. The maximum Gasteiger partial charge on any atom is 0.335 e. The van der Waals surface area contributed by atoms with E-state index in [0.717, 1.165) is 28.2 Å². The molecule has 3 rings (SSSR count). The van der Waals surface area contributed by atoms with Crippen LogP contribution in [-0.4, -0.2) is 24.1 Å². The maximum atomic E-state index is 13.1. The monoisotopic (exact) mass is 353 g/mol. The number of aryl methyl sites for hydroxylation is 2. The number of imide groups is 2. The van der Waals surface area contributed by atoms with E-state index in [0.29, 0.717) is 5.69 Å². The molecule has 1 heterocycles. The van der Waals surface area contributed by atoms with Crippen LogP contribution >= 0.6 is 0 Å². The van der Waals surface area contributed by atoms with Gasteiger partial charge in [0.05, 0.1) is 11.4 Å². The molecule has 1 aliphatic rings. The molecule has 4 amide bonds. The lowest BCUT2D eigenvalue weighted by Gasteiger charge is -2.28. The molecule has 1 N–H and O–H groups in total. The van der Waals surface area contributed by atoms with Crippen molar-refractivity contribution in [2.24, 2.45) is 10.9 Å². The second-order valence-corrected chi connectivity index (χ2v) is 5.99. The third kappa shape index (κ3) is 3.37. The smallest absolute Gasteiger partial charge is 0.276 e. The quantitative estimate of drug-likeness (QED) is 0.680. The number of rotatable bonds is 3. The molecule has 1 atom stereocenters. The van der Waals surface area contributed by atoms with Gasteiger partial charge in [-0.2, -0.15) is 0 Å². The maximum absolute atomic E-state index is 13.1. The topological polar surface area (TPSA) is 78.8 Å². The average Bonchev–Trinajstić information content (AvgIpc) is 2.59. The molecule has 0 radical (unpaired) electrons. The third-order valence-electron chi connectivity index (χ3n) is 4.01. The minimum atomic E-state index is -1.25. The summed E-state index contributed by atoms with van der Waals surface area (Å²) in [4.78, 5) is 41.9. The van der Waals surface area contributed by atoms with Crippen molar-refractivity contribution in [3.63, 3.8) is 0 Å². The van der Waals surface area contributed by atoms with E-state index < -0.39 is 29.6 Å². The molecule has 2 aromatic carbocycles. The fraction of sp³-hybridized carbons (Fsp3) is 0.158. The molecule has 1 aliphatic heterocycles. The fourth-order valence-electron chi connectivity index (χ4n) is 2.57. The number of hydrogen-bond acceptors (Lipinski definition) is 4. The summed E-state index contributed by atoms with van der Waals surface area (Å²) < 4.78 is 13.1. The molecule has 132 valence electrons. The molecule has 2 aromatic rings. The highest BCUT2D eigenvalue weighted by atomic mass is 19.1. The van der Waals surface area contributed by atoms with Crippen molar-refractivity contribution in [2.45, 2.75) is 13.8 Å². The second-order valence-electron chi connectivity index (χ2n) is 5.99. The normalized spacial score (nSPS) is 17.7. The number of urea groups is 1. The number of anilines is 1. The lowest BCUT2D eigenvalue weighted by atomic mass is 10.1. The zero-order valence-corrected chi connectivity index (χ0v) is 14.2. The Morgan fingerprint density at radius 2 is 1.77 bits per heavy atom. The summed E-state index contributed by atoms with van der Waals surface area (Å²) in [5.41, 5.74) is 2.69. The highest BCUT2D eigenvalue weighted by molar-refractivity contribution is 6.32. The molecular weight excluding hydrogens is 337 g/mol. The van der Waals surface area contributed by atoms with E-state index in [2.05, 4.69) is 10.3 Å². The largest absolute Gasteiger partial charge is 0.335 e. The molecule has 0 aliphatic carbocycles. The van der Waals surface area contributed by atoms with Gasteiger partial charge in [0.1, 0.15) is 5.82 Å². The summed E-state index contributed by atoms with van der Waals surface area (Å²) in [7, 11) is 0. The second kappa shape index (κ2) is 6.87. The van der Waals surface area contributed by atoms with E-state index in [1.54, 1.807) is 0 Å². The molecule has 1 saturated heterocycles. The lowest BCUT2D eigenvalue weighted by Crippen LogP contribution is -2.58. The Labute approximate surface area is 149 Å². The van der Waals surface area contributed by atoms with E-state index in [1.807, 2.05) is 32.0 Å². The number of hydrogen-bond donors (Lipinski definition) is 1. The number of carbonyl (C=O) groups excluding carboxylic acids is 3. The highest BCUT2D eigenvalue weighted by Gasteiger charge is 2.40. The van der Waals surface area contributed by atoms with Gasteiger partial charge in [0.25, 0.3) is 5.91 Å². The molecule has 0 spiro atoms. The van der Waals surface area contributed by atoms with Crippen LogP contribution in [0.1, 0.15) is 11.1 Å². The molecule has 6 nitrogen and oxygen atoms in total. The molecule has 0 saturated carbocycles.